The van der Waals surface area contributed by atoms with Gasteiger partial charge in [0.25, 0.3) is 0 Å². The van der Waals surface area contributed by atoms with Gasteiger partial charge in [0.2, 0.25) is 11.8 Å². The van der Waals surface area contributed by atoms with E-state index in [2.05, 4.69) is 43.9 Å². The molecule has 4 nitrogen and oxygen atoms in total. The van der Waals surface area contributed by atoms with Crippen molar-refractivity contribution < 1.29 is 9.59 Å². The van der Waals surface area contributed by atoms with E-state index in [9.17, 15) is 9.59 Å². The summed E-state index contributed by atoms with van der Waals surface area (Å²) in [6, 6.07) is 9.80. The first kappa shape index (κ1) is 20.8. The highest BCUT2D eigenvalue weighted by Crippen LogP contribution is 2.30. The highest BCUT2D eigenvalue weighted by Gasteiger charge is 2.43. The molecule has 0 spiro atoms. The Morgan fingerprint density at radius 2 is 1.85 bits per heavy atom. The molecule has 1 N–H and O–H groups in total. The lowest BCUT2D eigenvalue weighted by molar-refractivity contribution is -0.139. The summed E-state index contributed by atoms with van der Waals surface area (Å²) in [5, 5.41) is 2.67. The third-order valence-electron chi connectivity index (χ3n) is 4.98. The average molecular weight is 377 g/mol. The summed E-state index contributed by atoms with van der Waals surface area (Å²) in [7, 11) is 0. The van der Waals surface area contributed by atoms with Crippen LogP contribution >= 0.6 is 12.6 Å². The van der Waals surface area contributed by atoms with Crippen molar-refractivity contribution in [3.63, 3.8) is 0 Å². The Bertz CT molecular complexity index is 603. The molecular formula is C21H32N2O2S. The Labute approximate surface area is 163 Å². The van der Waals surface area contributed by atoms with Gasteiger partial charge in [-0.25, -0.2) is 0 Å². The molecule has 1 saturated heterocycles. The molecule has 1 aliphatic rings. The Hall–Kier alpha value is -1.49. The molecule has 1 heterocycles. The van der Waals surface area contributed by atoms with Crippen molar-refractivity contribution in [2.45, 2.75) is 51.8 Å². The number of carbonyl (C=O) groups excluding carboxylic acids is 2. The van der Waals surface area contributed by atoms with Crippen LogP contribution in [0.25, 0.3) is 0 Å². The fourth-order valence-corrected chi connectivity index (χ4v) is 3.60. The normalized spacial score (nSPS) is 21.3. The topological polar surface area (TPSA) is 49.4 Å². The van der Waals surface area contributed by atoms with Crippen molar-refractivity contribution >= 4 is 24.4 Å². The second-order valence-corrected chi connectivity index (χ2v) is 8.60. The van der Waals surface area contributed by atoms with Gasteiger partial charge in [0.1, 0.15) is 6.04 Å². The summed E-state index contributed by atoms with van der Waals surface area (Å²) in [6.45, 7) is 9.37. The molecule has 0 saturated carbocycles. The second-order valence-electron chi connectivity index (χ2n) is 8.04. The van der Waals surface area contributed by atoms with Gasteiger partial charge < -0.3 is 10.2 Å². The van der Waals surface area contributed by atoms with Crippen LogP contribution in [0.3, 0.4) is 0 Å². The minimum absolute atomic E-state index is 0.0245. The molecule has 2 rings (SSSR count). The largest absolute Gasteiger partial charge is 0.354 e. The summed E-state index contributed by atoms with van der Waals surface area (Å²) < 4.78 is 0. The van der Waals surface area contributed by atoms with Crippen molar-refractivity contribution in [1.82, 2.24) is 10.2 Å². The molecule has 0 radical (unpaired) electrons. The van der Waals surface area contributed by atoms with E-state index in [1.807, 2.05) is 32.0 Å². The van der Waals surface area contributed by atoms with E-state index < -0.39 is 6.04 Å². The highest BCUT2D eigenvalue weighted by atomic mass is 32.1. The molecule has 0 aliphatic carbocycles. The molecule has 2 amide bonds. The summed E-state index contributed by atoms with van der Waals surface area (Å²) in [5.74, 6) is 0.600. The lowest BCUT2D eigenvalue weighted by Gasteiger charge is -2.30. The lowest BCUT2D eigenvalue weighted by Crippen LogP contribution is -2.51. The minimum Gasteiger partial charge on any atom is -0.354 e. The van der Waals surface area contributed by atoms with E-state index in [0.29, 0.717) is 19.0 Å². The van der Waals surface area contributed by atoms with Crippen LogP contribution in [-0.4, -0.2) is 41.1 Å². The molecule has 0 bridgehead atoms. The highest BCUT2D eigenvalue weighted by molar-refractivity contribution is 7.81. The molecule has 3 atom stereocenters. The van der Waals surface area contributed by atoms with Crippen molar-refractivity contribution in [2.75, 3.05) is 13.1 Å². The predicted octanol–water partition coefficient (Wildman–Crippen LogP) is 3.17. The lowest BCUT2D eigenvalue weighted by atomic mass is 9.91. The standard InChI is InChI=1S/C21H32N2O2S/c1-14(2)13-22-20(24)18-17(12-16-8-6-5-7-9-16)10-11-23(18)21(25)19(26)15(3)4/h5-9,14-15,17-19,26H,10-13H2,1-4H3,(H,22,24). The van der Waals surface area contributed by atoms with E-state index >= 15 is 0 Å². The van der Waals surface area contributed by atoms with Crippen LogP contribution in [-0.2, 0) is 16.0 Å². The van der Waals surface area contributed by atoms with Crippen LogP contribution < -0.4 is 5.32 Å². The van der Waals surface area contributed by atoms with Crippen LogP contribution in [0.5, 0.6) is 0 Å². The number of thiol groups is 1. The first-order valence-corrected chi connectivity index (χ1v) is 10.1. The molecule has 5 heteroatoms. The Morgan fingerprint density at radius 3 is 2.42 bits per heavy atom. The maximum absolute atomic E-state index is 12.9. The van der Waals surface area contributed by atoms with Gasteiger partial charge in [0, 0.05) is 13.1 Å². The summed E-state index contributed by atoms with van der Waals surface area (Å²) in [6.07, 6.45) is 1.66. The van der Waals surface area contributed by atoms with E-state index in [4.69, 9.17) is 0 Å². The summed E-state index contributed by atoms with van der Waals surface area (Å²) in [4.78, 5) is 27.6. The van der Waals surface area contributed by atoms with Crippen molar-refractivity contribution in [1.29, 1.82) is 0 Å². The van der Waals surface area contributed by atoms with Crippen molar-refractivity contribution in [2.24, 2.45) is 17.8 Å². The number of hydrogen-bond acceptors (Lipinski definition) is 3. The molecule has 26 heavy (non-hydrogen) atoms. The fourth-order valence-electron chi connectivity index (χ4n) is 3.45. The third kappa shape index (κ3) is 5.26. The van der Waals surface area contributed by atoms with Gasteiger partial charge in [-0.2, -0.15) is 12.6 Å². The number of hydrogen-bond donors (Lipinski definition) is 2. The van der Waals surface area contributed by atoms with Gasteiger partial charge in [-0.05, 0) is 36.2 Å². The Balaban J connectivity index is 2.19. The van der Waals surface area contributed by atoms with E-state index in [1.54, 1.807) is 4.90 Å². The number of benzene rings is 1. The van der Waals surface area contributed by atoms with Crippen LogP contribution in [0, 0.1) is 17.8 Å². The zero-order valence-corrected chi connectivity index (χ0v) is 17.2. The van der Waals surface area contributed by atoms with Gasteiger partial charge in [0.05, 0.1) is 5.25 Å². The SMILES string of the molecule is CC(C)CNC(=O)C1C(Cc2ccccc2)CCN1C(=O)C(S)C(C)C. The molecule has 0 aromatic heterocycles. The first-order valence-electron chi connectivity index (χ1n) is 9.61. The van der Waals surface area contributed by atoms with Crippen LogP contribution in [0.1, 0.15) is 39.7 Å². The van der Waals surface area contributed by atoms with E-state index in [-0.39, 0.29) is 28.9 Å². The van der Waals surface area contributed by atoms with Crippen LogP contribution in [0.2, 0.25) is 0 Å². The molecular weight excluding hydrogens is 344 g/mol. The van der Waals surface area contributed by atoms with Gasteiger partial charge in [-0.3, -0.25) is 9.59 Å². The molecule has 1 aliphatic heterocycles. The number of nitrogens with one attached hydrogen (secondary N) is 1. The summed E-state index contributed by atoms with van der Waals surface area (Å²) >= 11 is 4.49. The van der Waals surface area contributed by atoms with Gasteiger partial charge >= 0.3 is 0 Å². The van der Waals surface area contributed by atoms with Gasteiger partial charge in [-0.15, -0.1) is 0 Å². The predicted molar refractivity (Wildman–Crippen MR) is 109 cm³/mol. The number of rotatable bonds is 7. The smallest absolute Gasteiger partial charge is 0.243 e. The van der Waals surface area contributed by atoms with Gasteiger partial charge in [0.15, 0.2) is 0 Å². The number of likely N-dealkylation sites (tertiary alicyclic amines) is 1. The average Bonchev–Trinajstić information content (AvgIpc) is 3.02. The molecule has 3 unspecified atom stereocenters. The van der Waals surface area contributed by atoms with Crippen molar-refractivity contribution in [3.8, 4) is 0 Å². The quantitative estimate of drug-likeness (QED) is 0.718. The fraction of sp³-hybridized carbons (Fsp3) is 0.619. The first-order chi connectivity index (χ1) is 12.3. The van der Waals surface area contributed by atoms with Crippen LogP contribution in [0.4, 0.5) is 0 Å². The molecule has 144 valence electrons. The monoisotopic (exact) mass is 376 g/mol. The second kappa shape index (κ2) is 9.45. The van der Waals surface area contributed by atoms with Crippen molar-refractivity contribution in [3.05, 3.63) is 35.9 Å². The molecule has 1 aromatic carbocycles. The van der Waals surface area contributed by atoms with Gasteiger partial charge in [-0.1, -0.05) is 58.0 Å². The number of amides is 2. The molecule has 1 aromatic rings. The number of nitrogens with zero attached hydrogens (tertiary/aromatic N) is 1. The molecule has 1 fully saturated rings. The Morgan fingerprint density at radius 1 is 1.19 bits per heavy atom. The zero-order valence-electron chi connectivity index (χ0n) is 16.3. The van der Waals surface area contributed by atoms with E-state index in [1.165, 1.54) is 5.56 Å². The van der Waals surface area contributed by atoms with E-state index in [0.717, 1.165) is 12.8 Å². The van der Waals surface area contributed by atoms with Crippen LogP contribution in [0.15, 0.2) is 30.3 Å². The Kier molecular flexibility index (Phi) is 7.56. The minimum atomic E-state index is -0.408. The maximum Gasteiger partial charge on any atom is 0.243 e. The zero-order chi connectivity index (χ0) is 19.3. The maximum atomic E-state index is 12.9. The number of carbonyl (C=O) groups is 2. The third-order valence-corrected chi connectivity index (χ3v) is 5.80. The summed E-state index contributed by atoms with van der Waals surface area (Å²) in [5.41, 5.74) is 1.21.